The first-order valence-corrected chi connectivity index (χ1v) is 5.93. The number of rotatable bonds is 4. The maximum absolute atomic E-state index is 12.8. The lowest BCUT2D eigenvalue weighted by atomic mass is 10.0. The Bertz CT molecular complexity index is 707. The Labute approximate surface area is 119 Å². The van der Waals surface area contributed by atoms with Crippen LogP contribution in [0.2, 0.25) is 0 Å². The maximum atomic E-state index is 12.8. The number of carboxylic acid groups (broad SMARTS) is 2. The van der Waals surface area contributed by atoms with E-state index in [1.54, 1.807) is 0 Å². The SMILES string of the molecule is Cc1c(C(=O)O)ccc(Oc2ccc(F)cc2)c1C(=O)O. The van der Waals surface area contributed by atoms with Gasteiger partial charge in [-0.05, 0) is 48.9 Å². The molecule has 0 aromatic heterocycles. The fourth-order valence-electron chi connectivity index (χ4n) is 1.90. The van der Waals surface area contributed by atoms with Crippen LogP contribution in [0.25, 0.3) is 0 Å². The van der Waals surface area contributed by atoms with Crippen molar-refractivity contribution in [2.45, 2.75) is 6.92 Å². The molecule has 0 amide bonds. The van der Waals surface area contributed by atoms with Gasteiger partial charge in [-0.15, -0.1) is 0 Å². The molecule has 0 saturated carbocycles. The van der Waals surface area contributed by atoms with Gasteiger partial charge in [0.2, 0.25) is 0 Å². The first kappa shape index (κ1) is 14.5. The molecule has 0 fully saturated rings. The number of benzene rings is 2. The third kappa shape index (κ3) is 3.00. The van der Waals surface area contributed by atoms with Crippen molar-refractivity contribution in [3.63, 3.8) is 0 Å². The van der Waals surface area contributed by atoms with Crippen molar-refractivity contribution in [2.24, 2.45) is 0 Å². The van der Waals surface area contributed by atoms with E-state index in [4.69, 9.17) is 9.84 Å². The van der Waals surface area contributed by atoms with E-state index in [0.717, 1.165) is 0 Å². The van der Waals surface area contributed by atoms with Crippen molar-refractivity contribution in [3.8, 4) is 11.5 Å². The quantitative estimate of drug-likeness (QED) is 0.902. The average molecular weight is 290 g/mol. The predicted octanol–water partition coefficient (Wildman–Crippen LogP) is 3.32. The van der Waals surface area contributed by atoms with Crippen LogP contribution in [0.1, 0.15) is 26.3 Å². The van der Waals surface area contributed by atoms with Gasteiger partial charge in [-0.2, -0.15) is 0 Å². The summed E-state index contributed by atoms with van der Waals surface area (Å²) in [7, 11) is 0. The van der Waals surface area contributed by atoms with E-state index in [1.165, 1.54) is 43.3 Å². The van der Waals surface area contributed by atoms with E-state index in [2.05, 4.69) is 0 Å². The van der Waals surface area contributed by atoms with Crippen LogP contribution in [0, 0.1) is 12.7 Å². The molecule has 0 radical (unpaired) electrons. The molecule has 0 aliphatic rings. The van der Waals surface area contributed by atoms with Crippen LogP contribution in [0.5, 0.6) is 11.5 Å². The van der Waals surface area contributed by atoms with Crippen molar-refractivity contribution >= 4 is 11.9 Å². The second-order valence-corrected chi connectivity index (χ2v) is 4.28. The lowest BCUT2D eigenvalue weighted by molar-refractivity contribution is 0.0693. The minimum atomic E-state index is -1.30. The van der Waals surface area contributed by atoms with Gasteiger partial charge in [0.05, 0.1) is 5.56 Å². The molecule has 0 heterocycles. The summed E-state index contributed by atoms with van der Waals surface area (Å²) in [5.74, 6) is -2.72. The van der Waals surface area contributed by atoms with Gasteiger partial charge in [0.25, 0.3) is 0 Å². The molecular weight excluding hydrogens is 279 g/mol. The van der Waals surface area contributed by atoms with Crippen molar-refractivity contribution in [1.29, 1.82) is 0 Å². The van der Waals surface area contributed by atoms with Gasteiger partial charge in [0, 0.05) is 0 Å². The molecule has 2 aromatic rings. The second kappa shape index (κ2) is 5.62. The van der Waals surface area contributed by atoms with Gasteiger partial charge >= 0.3 is 11.9 Å². The average Bonchev–Trinajstić information content (AvgIpc) is 2.40. The Morgan fingerprint density at radius 3 is 2.14 bits per heavy atom. The number of halogens is 1. The highest BCUT2D eigenvalue weighted by molar-refractivity contribution is 5.98. The van der Waals surface area contributed by atoms with Crippen molar-refractivity contribution in [1.82, 2.24) is 0 Å². The molecule has 21 heavy (non-hydrogen) atoms. The smallest absolute Gasteiger partial charge is 0.339 e. The van der Waals surface area contributed by atoms with Gasteiger partial charge in [-0.3, -0.25) is 0 Å². The normalized spacial score (nSPS) is 10.2. The zero-order chi connectivity index (χ0) is 15.6. The first-order chi connectivity index (χ1) is 9.90. The van der Waals surface area contributed by atoms with E-state index < -0.39 is 17.8 Å². The second-order valence-electron chi connectivity index (χ2n) is 4.28. The van der Waals surface area contributed by atoms with E-state index in [1.807, 2.05) is 0 Å². The number of carbonyl (C=O) groups is 2. The molecule has 0 spiro atoms. The maximum Gasteiger partial charge on any atom is 0.339 e. The number of carboxylic acids is 2. The minimum absolute atomic E-state index is 0.00314. The number of hydrogen-bond acceptors (Lipinski definition) is 3. The Morgan fingerprint density at radius 2 is 1.62 bits per heavy atom. The third-order valence-electron chi connectivity index (χ3n) is 2.91. The summed E-state index contributed by atoms with van der Waals surface area (Å²) < 4.78 is 18.2. The predicted molar refractivity (Wildman–Crippen MR) is 71.6 cm³/mol. The molecular formula is C15H11FO5. The van der Waals surface area contributed by atoms with Crippen molar-refractivity contribution < 1.29 is 28.9 Å². The summed E-state index contributed by atoms with van der Waals surface area (Å²) in [5, 5.41) is 18.2. The summed E-state index contributed by atoms with van der Waals surface area (Å²) >= 11 is 0. The summed E-state index contributed by atoms with van der Waals surface area (Å²) in [6.45, 7) is 1.39. The lowest BCUT2D eigenvalue weighted by Gasteiger charge is -2.12. The fraction of sp³-hybridized carbons (Fsp3) is 0.0667. The zero-order valence-corrected chi connectivity index (χ0v) is 11.0. The molecule has 0 unspecified atom stereocenters. The summed E-state index contributed by atoms with van der Waals surface area (Å²) in [5.41, 5.74) is -0.257. The number of ether oxygens (including phenoxy) is 1. The van der Waals surface area contributed by atoms with Crippen LogP contribution in [-0.4, -0.2) is 22.2 Å². The molecule has 108 valence electrons. The van der Waals surface area contributed by atoms with Crippen molar-refractivity contribution in [2.75, 3.05) is 0 Å². The summed E-state index contributed by atoms with van der Waals surface area (Å²) in [4.78, 5) is 22.4. The van der Waals surface area contributed by atoms with E-state index in [-0.39, 0.29) is 28.2 Å². The molecule has 0 aliphatic carbocycles. The van der Waals surface area contributed by atoms with E-state index >= 15 is 0 Å². The largest absolute Gasteiger partial charge is 0.478 e. The molecule has 6 heteroatoms. The highest BCUT2D eigenvalue weighted by Crippen LogP contribution is 2.29. The fourth-order valence-corrected chi connectivity index (χ4v) is 1.90. The first-order valence-electron chi connectivity index (χ1n) is 5.93. The van der Waals surface area contributed by atoms with Crippen LogP contribution in [-0.2, 0) is 0 Å². The number of hydrogen-bond donors (Lipinski definition) is 2. The molecule has 2 aromatic carbocycles. The van der Waals surface area contributed by atoms with E-state index in [0.29, 0.717) is 0 Å². The van der Waals surface area contributed by atoms with Gasteiger partial charge in [0.1, 0.15) is 22.9 Å². The molecule has 5 nitrogen and oxygen atoms in total. The Hall–Kier alpha value is -2.89. The standard InChI is InChI=1S/C15H11FO5/c1-8-11(14(17)18)6-7-12(13(8)15(19)20)21-10-4-2-9(16)3-5-10/h2-7H,1H3,(H,17,18)(H,19,20). The lowest BCUT2D eigenvalue weighted by Crippen LogP contribution is -2.09. The Kier molecular flexibility index (Phi) is 3.89. The Balaban J connectivity index is 2.48. The zero-order valence-electron chi connectivity index (χ0n) is 11.0. The highest BCUT2D eigenvalue weighted by atomic mass is 19.1. The van der Waals surface area contributed by atoms with Crippen LogP contribution in [0.4, 0.5) is 4.39 Å². The molecule has 0 atom stereocenters. The summed E-state index contributed by atoms with van der Waals surface area (Å²) in [6, 6.07) is 7.58. The number of aromatic carboxylic acids is 2. The molecule has 2 rings (SSSR count). The van der Waals surface area contributed by atoms with Crippen LogP contribution in [0.3, 0.4) is 0 Å². The van der Waals surface area contributed by atoms with Crippen LogP contribution < -0.4 is 4.74 Å². The van der Waals surface area contributed by atoms with Gasteiger partial charge in [-0.25, -0.2) is 14.0 Å². The monoisotopic (exact) mass is 290 g/mol. The van der Waals surface area contributed by atoms with Crippen LogP contribution in [0.15, 0.2) is 36.4 Å². The van der Waals surface area contributed by atoms with Gasteiger partial charge < -0.3 is 14.9 Å². The van der Waals surface area contributed by atoms with Gasteiger partial charge in [-0.1, -0.05) is 0 Å². The minimum Gasteiger partial charge on any atom is -0.478 e. The molecule has 2 N–H and O–H groups in total. The van der Waals surface area contributed by atoms with Gasteiger partial charge in [0.15, 0.2) is 0 Å². The highest BCUT2D eigenvalue weighted by Gasteiger charge is 2.20. The van der Waals surface area contributed by atoms with Crippen LogP contribution >= 0.6 is 0 Å². The Morgan fingerprint density at radius 1 is 1.00 bits per heavy atom. The summed E-state index contributed by atoms with van der Waals surface area (Å²) in [6.07, 6.45) is 0. The molecule has 0 aliphatic heterocycles. The topological polar surface area (TPSA) is 83.8 Å². The molecule has 0 bridgehead atoms. The molecule has 0 saturated heterocycles. The third-order valence-corrected chi connectivity index (χ3v) is 2.91. The van der Waals surface area contributed by atoms with E-state index in [9.17, 15) is 19.1 Å². The van der Waals surface area contributed by atoms with Crippen molar-refractivity contribution in [3.05, 3.63) is 58.9 Å².